The number of nitrogens with one attached hydrogen (secondary N) is 3. The van der Waals surface area contributed by atoms with Crippen molar-refractivity contribution in [3.63, 3.8) is 0 Å². The third-order valence-corrected chi connectivity index (χ3v) is 3.07. The molecular weight excluding hydrogens is 287 g/mol. The molecule has 2 amide bonds. The van der Waals surface area contributed by atoms with E-state index in [9.17, 15) is 9.18 Å². The summed E-state index contributed by atoms with van der Waals surface area (Å²) in [7, 11) is 1.48. The lowest BCUT2D eigenvalue weighted by molar-refractivity contribution is 0.249. The lowest BCUT2D eigenvalue weighted by atomic mass is 10.2. The van der Waals surface area contributed by atoms with E-state index in [2.05, 4.69) is 20.8 Å². The summed E-state index contributed by atoms with van der Waals surface area (Å²) < 4.78 is 18.6. The molecule has 1 atom stereocenters. The molecule has 2 rings (SSSR count). The Bertz CT molecular complexity index is 657. The number of benzene rings is 1. The third-order valence-electron chi connectivity index (χ3n) is 3.07. The molecule has 7 heteroatoms. The van der Waals surface area contributed by atoms with Crippen LogP contribution in [0.5, 0.6) is 5.75 Å². The van der Waals surface area contributed by atoms with E-state index in [4.69, 9.17) is 4.74 Å². The highest BCUT2D eigenvalue weighted by Gasteiger charge is 2.12. The summed E-state index contributed by atoms with van der Waals surface area (Å²) in [5.74, 6) is -0.0525. The second kappa shape index (κ2) is 6.93. The lowest BCUT2D eigenvalue weighted by Crippen LogP contribution is -2.37. The van der Waals surface area contributed by atoms with Gasteiger partial charge in [0.15, 0.2) is 0 Å². The SMILES string of the molecule is COc1ccc(F)c(NC(=O)NC(C)Cc2cc(C)[nH]n2)c1. The van der Waals surface area contributed by atoms with Gasteiger partial charge in [-0.25, -0.2) is 9.18 Å². The van der Waals surface area contributed by atoms with E-state index in [1.54, 1.807) is 0 Å². The van der Waals surface area contributed by atoms with Crippen LogP contribution in [0.4, 0.5) is 14.9 Å². The van der Waals surface area contributed by atoms with Gasteiger partial charge in [0.25, 0.3) is 0 Å². The number of carbonyl (C=O) groups excluding carboxylic acids is 1. The summed E-state index contributed by atoms with van der Waals surface area (Å²) >= 11 is 0. The molecule has 0 spiro atoms. The van der Waals surface area contributed by atoms with Crippen molar-refractivity contribution in [1.82, 2.24) is 15.5 Å². The standard InChI is InChI=1S/C15H19FN4O2/c1-9(6-11-7-10(2)19-20-11)17-15(21)18-14-8-12(22-3)4-5-13(14)16/h4-5,7-9H,6H2,1-3H3,(H,19,20)(H2,17,18,21). The molecule has 0 saturated heterocycles. The minimum Gasteiger partial charge on any atom is -0.497 e. The Balaban J connectivity index is 1.92. The van der Waals surface area contributed by atoms with Crippen molar-refractivity contribution < 1.29 is 13.9 Å². The second-order valence-electron chi connectivity index (χ2n) is 5.09. The van der Waals surface area contributed by atoms with Gasteiger partial charge in [-0.15, -0.1) is 0 Å². The van der Waals surface area contributed by atoms with E-state index < -0.39 is 11.8 Å². The molecule has 0 aliphatic rings. The van der Waals surface area contributed by atoms with Crippen LogP contribution in [-0.4, -0.2) is 29.4 Å². The predicted molar refractivity (Wildman–Crippen MR) is 81.6 cm³/mol. The molecule has 0 aliphatic heterocycles. The van der Waals surface area contributed by atoms with Crippen LogP contribution in [0.3, 0.4) is 0 Å². The first-order chi connectivity index (χ1) is 10.5. The minimum atomic E-state index is -0.522. The summed E-state index contributed by atoms with van der Waals surface area (Å²) in [5.41, 5.74) is 1.89. The van der Waals surface area contributed by atoms with Gasteiger partial charge in [-0.05, 0) is 32.0 Å². The number of nitrogens with zero attached hydrogens (tertiary/aromatic N) is 1. The number of aromatic nitrogens is 2. The maximum Gasteiger partial charge on any atom is 0.319 e. The molecule has 1 aromatic carbocycles. The van der Waals surface area contributed by atoms with Crippen molar-refractivity contribution in [2.45, 2.75) is 26.3 Å². The first-order valence-electron chi connectivity index (χ1n) is 6.90. The highest BCUT2D eigenvalue weighted by atomic mass is 19.1. The van der Waals surface area contributed by atoms with Crippen LogP contribution in [-0.2, 0) is 6.42 Å². The number of amides is 2. The quantitative estimate of drug-likeness (QED) is 0.794. The average Bonchev–Trinajstić information content (AvgIpc) is 2.86. The van der Waals surface area contributed by atoms with Crippen molar-refractivity contribution in [1.29, 1.82) is 0 Å². The van der Waals surface area contributed by atoms with Crippen LogP contribution in [0.2, 0.25) is 0 Å². The number of carbonyl (C=O) groups is 1. The topological polar surface area (TPSA) is 79.0 Å². The maximum atomic E-state index is 13.6. The first kappa shape index (κ1) is 15.8. The van der Waals surface area contributed by atoms with Crippen molar-refractivity contribution in [2.75, 3.05) is 12.4 Å². The van der Waals surface area contributed by atoms with Gasteiger partial charge in [0, 0.05) is 24.2 Å². The number of ether oxygens (including phenoxy) is 1. The smallest absolute Gasteiger partial charge is 0.319 e. The molecule has 6 nitrogen and oxygen atoms in total. The Hall–Kier alpha value is -2.57. The number of aromatic amines is 1. The molecule has 1 unspecified atom stereocenters. The van der Waals surface area contributed by atoms with Crippen LogP contribution in [0.25, 0.3) is 0 Å². The Morgan fingerprint density at radius 1 is 1.45 bits per heavy atom. The Labute approximate surface area is 128 Å². The van der Waals surface area contributed by atoms with Crippen LogP contribution in [0.1, 0.15) is 18.3 Å². The van der Waals surface area contributed by atoms with E-state index in [0.29, 0.717) is 12.2 Å². The molecule has 22 heavy (non-hydrogen) atoms. The van der Waals surface area contributed by atoms with Gasteiger partial charge in [-0.1, -0.05) is 0 Å². The van der Waals surface area contributed by atoms with Gasteiger partial charge in [-0.2, -0.15) is 5.10 Å². The fraction of sp³-hybridized carbons (Fsp3) is 0.333. The van der Waals surface area contributed by atoms with Crippen LogP contribution in [0, 0.1) is 12.7 Å². The number of urea groups is 1. The predicted octanol–water partition coefficient (Wildman–Crippen LogP) is 2.62. The molecule has 1 heterocycles. The Kier molecular flexibility index (Phi) is 4.98. The normalized spacial score (nSPS) is 11.8. The number of methoxy groups -OCH3 is 1. The average molecular weight is 306 g/mol. The molecule has 0 aliphatic carbocycles. The summed E-state index contributed by atoms with van der Waals surface area (Å²) in [6.07, 6.45) is 0.582. The molecule has 0 bridgehead atoms. The van der Waals surface area contributed by atoms with E-state index in [-0.39, 0.29) is 11.7 Å². The van der Waals surface area contributed by atoms with Gasteiger partial charge >= 0.3 is 6.03 Å². The zero-order valence-electron chi connectivity index (χ0n) is 12.7. The zero-order chi connectivity index (χ0) is 16.1. The van der Waals surface area contributed by atoms with Crippen LogP contribution in [0.15, 0.2) is 24.3 Å². The summed E-state index contributed by atoms with van der Waals surface area (Å²) in [4.78, 5) is 11.9. The first-order valence-corrected chi connectivity index (χ1v) is 6.90. The molecule has 0 radical (unpaired) electrons. The maximum absolute atomic E-state index is 13.6. The van der Waals surface area contributed by atoms with E-state index in [1.807, 2.05) is 19.9 Å². The number of rotatable bonds is 5. The van der Waals surface area contributed by atoms with Gasteiger partial charge < -0.3 is 15.4 Å². The Morgan fingerprint density at radius 2 is 2.23 bits per heavy atom. The second-order valence-corrected chi connectivity index (χ2v) is 5.09. The van der Waals surface area contributed by atoms with E-state index in [1.165, 1.54) is 25.3 Å². The zero-order valence-corrected chi connectivity index (χ0v) is 12.7. The summed E-state index contributed by atoms with van der Waals surface area (Å²) in [6.45, 7) is 3.76. The van der Waals surface area contributed by atoms with Crippen molar-refractivity contribution in [3.05, 3.63) is 41.5 Å². The van der Waals surface area contributed by atoms with E-state index in [0.717, 1.165) is 11.4 Å². The highest BCUT2D eigenvalue weighted by molar-refractivity contribution is 5.89. The Morgan fingerprint density at radius 3 is 2.86 bits per heavy atom. The number of H-pyrrole nitrogens is 1. The molecule has 118 valence electrons. The molecule has 1 aromatic heterocycles. The van der Waals surface area contributed by atoms with Crippen molar-refractivity contribution in [3.8, 4) is 5.75 Å². The van der Waals surface area contributed by atoms with Gasteiger partial charge in [0.05, 0.1) is 18.5 Å². The molecular formula is C15H19FN4O2. The summed E-state index contributed by atoms with van der Waals surface area (Å²) in [5, 5.41) is 12.2. The lowest BCUT2D eigenvalue weighted by Gasteiger charge is -2.14. The van der Waals surface area contributed by atoms with Crippen molar-refractivity contribution >= 4 is 11.7 Å². The highest BCUT2D eigenvalue weighted by Crippen LogP contribution is 2.20. The molecule has 0 fully saturated rings. The van der Waals surface area contributed by atoms with Crippen LogP contribution < -0.4 is 15.4 Å². The largest absolute Gasteiger partial charge is 0.497 e. The number of halogens is 1. The fourth-order valence-electron chi connectivity index (χ4n) is 2.05. The minimum absolute atomic E-state index is 0.0691. The van der Waals surface area contributed by atoms with Crippen LogP contribution >= 0.6 is 0 Å². The van der Waals surface area contributed by atoms with Crippen molar-refractivity contribution in [2.24, 2.45) is 0 Å². The monoisotopic (exact) mass is 306 g/mol. The van der Waals surface area contributed by atoms with Gasteiger partial charge in [0.2, 0.25) is 0 Å². The van der Waals surface area contributed by atoms with Gasteiger partial charge in [0.1, 0.15) is 11.6 Å². The third kappa shape index (κ3) is 4.21. The number of hydrogen-bond acceptors (Lipinski definition) is 3. The van der Waals surface area contributed by atoms with E-state index >= 15 is 0 Å². The summed E-state index contributed by atoms with van der Waals surface area (Å²) in [6, 6.07) is 5.45. The number of hydrogen-bond donors (Lipinski definition) is 3. The molecule has 2 aromatic rings. The number of anilines is 1. The fourth-order valence-corrected chi connectivity index (χ4v) is 2.05. The molecule has 0 saturated carbocycles. The number of aryl methyl sites for hydroxylation is 1. The molecule has 3 N–H and O–H groups in total. The van der Waals surface area contributed by atoms with Gasteiger partial charge in [-0.3, -0.25) is 5.10 Å².